The lowest BCUT2D eigenvalue weighted by Crippen LogP contribution is -2.43. The summed E-state index contributed by atoms with van der Waals surface area (Å²) in [4.78, 5) is 48.1. The maximum atomic E-state index is 11.2. The number of Topliss-reactive ketones (excluding diaryl/α,β-unsaturated/α-hetero) is 1. The number of nitrogens with zero attached hydrogens (tertiary/aromatic N) is 1. The molecule has 0 saturated heterocycles. The second-order valence-electron chi connectivity index (χ2n) is 3.10. The van der Waals surface area contributed by atoms with Gasteiger partial charge in [-0.2, -0.15) is 12.6 Å². The number of nitrogens with one attached hydrogen (secondary N) is 2. The van der Waals surface area contributed by atoms with Crippen molar-refractivity contribution in [2.45, 2.75) is 19.4 Å². The highest BCUT2D eigenvalue weighted by Gasteiger charge is 2.06. The Morgan fingerprint density at radius 2 is 1.69 bits per heavy atom. The number of hydrogen-bond acceptors (Lipinski definition) is 5. The molecule has 7 nitrogen and oxygen atoms in total. The third-order valence-corrected chi connectivity index (χ3v) is 2.16. The molecule has 0 fully saturated rings. The lowest BCUT2D eigenvalue weighted by Gasteiger charge is -2.01. The van der Waals surface area contributed by atoms with Crippen molar-refractivity contribution in [1.82, 2.24) is 14.5 Å². The maximum Gasteiger partial charge on any atom is 0.333 e. The van der Waals surface area contributed by atoms with E-state index >= 15 is 0 Å². The van der Waals surface area contributed by atoms with Gasteiger partial charge in [0.1, 0.15) is 5.78 Å². The standard InChI is InChI=1S/C8H11N3O4S/c12-5(2-4-16)1-3-11-7(14)9-6(13)10-8(11)15/h16H,1-4H2,(H2,9,10,13,14,15). The van der Waals surface area contributed by atoms with Crippen LogP contribution in [0, 0.1) is 0 Å². The van der Waals surface area contributed by atoms with E-state index in [2.05, 4.69) is 12.6 Å². The van der Waals surface area contributed by atoms with E-state index in [1.807, 2.05) is 9.97 Å². The van der Waals surface area contributed by atoms with Crippen molar-refractivity contribution in [2.75, 3.05) is 5.75 Å². The first-order chi connectivity index (χ1) is 7.54. The van der Waals surface area contributed by atoms with Gasteiger partial charge < -0.3 is 0 Å². The predicted octanol–water partition coefficient (Wildman–Crippen LogP) is -1.50. The van der Waals surface area contributed by atoms with Crippen LogP contribution in [0.1, 0.15) is 12.8 Å². The number of H-pyrrole nitrogens is 2. The zero-order chi connectivity index (χ0) is 12.1. The Morgan fingerprint density at radius 1 is 1.12 bits per heavy atom. The summed E-state index contributed by atoms with van der Waals surface area (Å²) in [6, 6.07) is 0. The normalized spacial score (nSPS) is 10.3. The van der Waals surface area contributed by atoms with Crippen LogP contribution < -0.4 is 17.1 Å². The van der Waals surface area contributed by atoms with Crippen LogP contribution in [0.3, 0.4) is 0 Å². The van der Waals surface area contributed by atoms with Crippen LogP contribution in [-0.2, 0) is 11.3 Å². The van der Waals surface area contributed by atoms with Crippen molar-refractivity contribution in [1.29, 1.82) is 0 Å². The average molecular weight is 245 g/mol. The van der Waals surface area contributed by atoms with E-state index in [0.717, 1.165) is 4.57 Å². The van der Waals surface area contributed by atoms with Gasteiger partial charge in [0, 0.05) is 19.4 Å². The van der Waals surface area contributed by atoms with E-state index in [1.165, 1.54) is 0 Å². The van der Waals surface area contributed by atoms with Crippen molar-refractivity contribution in [2.24, 2.45) is 0 Å². The third kappa shape index (κ3) is 3.23. The lowest BCUT2D eigenvalue weighted by molar-refractivity contribution is -0.118. The van der Waals surface area contributed by atoms with Gasteiger partial charge in [-0.25, -0.2) is 19.0 Å². The Hall–Kier alpha value is -1.57. The Kier molecular flexibility index (Phi) is 4.29. The van der Waals surface area contributed by atoms with Crippen molar-refractivity contribution < 1.29 is 4.79 Å². The summed E-state index contributed by atoms with van der Waals surface area (Å²) < 4.78 is 0.776. The van der Waals surface area contributed by atoms with Gasteiger partial charge in [-0.15, -0.1) is 0 Å². The van der Waals surface area contributed by atoms with Crippen LogP contribution in [0.15, 0.2) is 14.4 Å². The zero-order valence-corrected chi connectivity index (χ0v) is 9.25. The van der Waals surface area contributed by atoms with Crippen molar-refractivity contribution in [3.8, 4) is 0 Å². The fraction of sp³-hybridized carbons (Fsp3) is 0.500. The number of ketones is 1. The van der Waals surface area contributed by atoms with Crippen LogP contribution in [-0.4, -0.2) is 26.1 Å². The minimum atomic E-state index is -0.854. The summed E-state index contributed by atoms with van der Waals surface area (Å²) in [5, 5.41) is 0. The highest BCUT2D eigenvalue weighted by Crippen LogP contribution is 1.92. The summed E-state index contributed by atoms with van der Waals surface area (Å²) in [6.07, 6.45) is 0.356. The molecule has 0 radical (unpaired) electrons. The third-order valence-electron chi connectivity index (χ3n) is 1.94. The quantitative estimate of drug-likeness (QED) is 0.549. The molecule has 0 unspecified atom stereocenters. The predicted molar refractivity (Wildman–Crippen MR) is 60.0 cm³/mol. The fourth-order valence-corrected chi connectivity index (χ4v) is 1.39. The van der Waals surface area contributed by atoms with Gasteiger partial charge >= 0.3 is 17.1 Å². The topological polar surface area (TPSA) is 105 Å². The number of aromatic amines is 2. The molecule has 1 rings (SSSR count). The highest BCUT2D eigenvalue weighted by atomic mass is 32.1. The van der Waals surface area contributed by atoms with Crippen molar-refractivity contribution >= 4 is 18.4 Å². The highest BCUT2D eigenvalue weighted by molar-refractivity contribution is 7.80. The zero-order valence-electron chi connectivity index (χ0n) is 8.36. The second kappa shape index (κ2) is 5.50. The number of hydrogen-bond donors (Lipinski definition) is 3. The lowest BCUT2D eigenvalue weighted by atomic mass is 10.2. The maximum absolute atomic E-state index is 11.2. The molecule has 0 spiro atoms. The molecule has 16 heavy (non-hydrogen) atoms. The Bertz CT molecular complexity index is 507. The molecule has 1 aromatic heterocycles. The van der Waals surface area contributed by atoms with E-state index < -0.39 is 17.1 Å². The molecular weight excluding hydrogens is 234 g/mol. The largest absolute Gasteiger partial charge is 0.333 e. The van der Waals surface area contributed by atoms with Crippen molar-refractivity contribution in [3.05, 3.63) is 31.5 Å². The van der Waals surface area contributed by atoms with Gasteiger partial charge in [0.15, 0.2) is 0 Å². The number of rotatable bonds is 5. The first kappa shape index (κ1) is 12.5. The molecule has 0 atom stereocenters. The Morgan fingerprint density at radius 3 is 2.19 bits per heavy atom. The summed E-state index contributed by atoms with van der Waals surface area (Å²) in [5.74, 6) is 0.336. The molecule has 0 amide bonds. The van der Waals surface area contributed by atoms with Gasteiger partial charge in [0.2, 0.25) is 0 Å². The van der Waals surface area contributed by atoms with E-state index in [4.69, 9.17) is 0 Å². The van der Waals surface area contributed by atoms with Gasteiger partial charge in [0.25, 0.3) is 0 Å². The second-order valence-corrected chi connectivity index (χ2v) is 3.55. The molecule has 0 aromatic carbocycles. The molecular formula is C8H11N3O4S. The molecule has 1 heterocycles. The first-order valence-corrected chi connectivity index (χ1v) is 5.24. The number of carbonyl (C=O) groups is 1. The number of carbonyl (C=O) groups excluding carboxylic acids is 1. The number of thiol groups is 1. The summed E-state index contributed by atoms with van der Waals surface area (Å²) in [6.45, 7) is -0.0441. The Labute approximate surface area is 94.9 Å². The van der Waals surface area contributed by atoms with E-state index in [-0.39, 0.29) is 18.7 Å². The van der Waals surface area contributed by atoms with Crippen LogP contribution in [0.4, 0.5) is 0 Å². The van der Waals surface area contributed by atoms with Gasteiger partial charge in [0.05, 0.1) is 0 Å². The first-order valence-electron chi connectivity index (χ1n) is 4.60. The molecule has 0 aliphatic heterocycles. The molecule has 0 aliphatic carbocycles. The van der Waals surface area contributed by atoms with Gasteiger partial charge in [-0.05, 0) is 5.75 Å². The van der Waals surface area contributed by atoms with Crippen molar-refractivity contribution in [3.63, 3.8) is 0 Å². The molecule has 2 N–H and O–H groups in total. The smallest absolute Gasteiger partial charge is 0.300 e. The fourth-order valence-electron chi connectivity index (χ4n) is 1.14. The minimum Gasteiger partial charge on any atom is -0.300 e. The minimum absolute atomic E-state index is 0.0441. The molecule has 0 saturated carbocycles. The van der Waals surface area contributed by atoms with E-state index in [1.54, 1.807) is 0 Å². The summed E-state index contributed by atoms with van der Waals surface area (Å²) in [7, 11) is 0. The Balaban J connectivity index is 2.83. The molecule has 0 bridgehead atoms. The SMILES string of the molecule is O=C(CCS)CCn1c(=O)[nH]c(=O)[nH]c1=O. The molecule has 88 valence electrons. The van der Waals surface area contributed by atoms with Crippen LogP contribution in [0.2, 0.25) is 0 Å². The molecule has 8 heteroatoms. The summed E-state index contributed by atoms with van der Waals surface area (Å²) >= 11 is 3.89. The van der Waals surface area contributed by atoms with Crippen LogP contribution in [0.5, 0.6) is 0 Å². The van der Waals surface area contributed by atoms with Crippen LogP contribution >= 0.6 is 12.6 Å². The number of aromatic nitrogens is 3. The summed E-state index contributed by atoms with van der Waals surface area (Å²) in [5.41, 5.74) is -2.48. The van der Waals surface area contributed by atoms with E-state index in [0.29, 0.717) is 12.2 Å². The molecule has 1 aromatic rings. The van der Waals surface area contributed by atoms with Gasteiger partial charge in [-0.1, -0.05) is 0 Å². The monoisotopic (exact) mass is 245 g/mol. The van der Waals surface area contributed by atoms with Gasteiger partial charge in [-0.3, -0.25) is 14.8 Å². The average Bonchev–Trinajstić information content (AvgIpc) is 2.16. The molecule has 0 aliphatic rings. The van der Waals surface area contributed by atoms with Crippen LogP contribution in [0.25, 0.3) is 0 Å². The van der Waals surface area contributed by atoms with E-state index in [9.17, 15) is 19.2 Å².